The standard InChI is InChI=1S/C15H22N2O4/c1-3-4-7-16-12(15(20)21)9-14(19)17-11-8-10(2)5-6-13(11)18/h5-6,8,12,16,18H,3-4,7,9H2,1-2H3,(H,17,19)(H,20,21)/t12-/m1/s1. The van der Waals surface area contributed by atoms with Gasteiger partial charge in [0.05, 0.1) is 12.1 Å². The van der Waals surface area contributed by atoms with E-state index < -0.39 is 17.9 Å². The average molecular weight is 294 g/mol. The number of hydrogen-bond acceptors (Lipinski definition) is 4. The van der Waals surface area contributed by atoms with E-state index in [0.717, 1.165) is 18.4 Å². The smallest absolute Gasteiger partial charge is 0.321 e. The number of carboxylic acid groups (broad SMARTS) is 1. The van der Waals surface area contributed by atoms with Gasteiger partial charge < -0.3 is 20.8 Å². The third-order valence-electron chi connectivity index (χ3n) is 3.03. The summed E-state index contributed by atoms with van der Waals surface area (Å²) in [5, 5.41) is 24.1. The summed E-state index contributed by atoms with van der Waals surface area (Å²) in [6.07, 6.45) is 1.61. The first-order valence-electron chi connectivity index (χ1n) is 6.99. The molecule has 116 valence electrons. The largest absolute Gasteiger partial charge is 0.506 e. The zero-order valence-electron chi connectivity index (χ0n) is 12.3. The summed E-state index contributed by atoms with van der Waals surface area (Å²) in [5.74, 6) is -1.55. The molecule has 21 heavy (non-hydrogen) atoms. The number of phenols is 1. The first-order valence-corrected chi connectivity index (χ1v) is 6.99. The van der Waals surface area contributed by atoms with Gasteiger partial charge in [-0.2, -0.15) is 0 Å². The maximum Gasteiger partial charge on any atom is 0.321 e. The van der Waals surface area contributed by atoms with Crippen LogP contribution in [0.4, 0.5) is 5.69 Å². The highest BCUT2D eigenvalue weighted by Crippen LogP contribution is 2.23. The van der Waals surface area contributed by atoms with Crippen LogP contribution in [0.25, 0.3) is 0 Å². The molecule has 4 N–H and O–H groups in total. The van der Waals surface area contributed by atoms with Crippen molar-refractivity contribution in [1.82, 2.24) is 5.32 Å². The molecule has 6 heteroatoms. The lowest BCUT2D eigenvalue weighted by molar-refractivity contribution is -0.141. The number of aryl methyl sites for hydroxylation is 1. The number of unbranched alkanes of at least 4 members (excludes halogenated alkanes) is 1. The number of nitrogens with one attached hydrogen (secondary N) is 2. The van der Waals surface area contributed by atoms with Crippen LogP contribution in [0.15, 0.2) is 18.2 Å². The van der Waals surface area contributed by atoms with Crippen LogP contribution in [0.1, 0.15) is 31.7 Å². The molecule has 0 saturated carbocycles. The molecular weight excluding hydrogens is 272 g/mol. The lowest BCUT2D eigenvalue weighted by Gasteiger charge is -2.14. The van der Waals surface area contributed by atoms with Gasteiger partial charge in [0.25, 0.3) is 0 Å². The molecule has 0 bridgehead atoms. The molecule has 1 atom stereocenters. The van der Waals surface area contributed by atoms with Crippen molar-refractivity contribution in [3.63, 3.8) is 0 Å². The van der Waals surface area contributed by atoms with Gasteiger partial charge in [-0.3, -0.25) is 9.59 Å². The van der Waals surface area contributed by atoms with Gasteiger partial charge in [-0.05, 0) is 37.6 Å². The molecule has 0 aromatic heterocycles. The molecule has 0 unspecified atom stereocenters. The average Bonchev–Trinajstić information content (AvgIpc) is 2.42. The summed E-state index contributed by atoms with van der Waals surface area (Å²) < 4.78 is 0. The maximum absolute atomic E-state index is 11.9. The van der Waals surface area contributed by atoms with Gasteiger partial charge in [-0.1, -0.05) is 19.4 Å². The van der Waals surface area contributed by atoms with Crippen LogP contribution in [0, 0.1) is 6.92 Å². The molecule has 1 aromatic carbocycles. The Hall–Kier alpha value is -2.08. The summed E-state index contributed by atoms with van der Waals surface area (Å²) in [6, 6.07) is 3.91. The molecule has 0 radical (unpaired) electrons. The Kier molecular flexibility index (Phi) is 6.68. The van der Waals surface area contributed by atoms with E-state index in [-0.39, 0.29) is 17.9 Å². The number of benzene rings is 1. The van der Waals surface area contributed by atoms with Gasteiger partial charge in [0.1, 0.15) is 11.8 Å². The molecule has 0 saturated heterocycles. The zero-order valence-corrected chi connectivity index (χ0v) is 12.3. The maximum atomic E-state index is 11.9. The van der Waals surface area contributed by atoms with Gasteiger partial charge >= 0.3 is 5.97 Å². The zero-order chi connectivity index (χ0) is 15.8. The highest BCUT2D eigenvalue weighted by molar-refractivity contribution is 5.95. The van der Waals surface area contributed by atoms with Gasteiger partial charge in [0.2, 0.25) is 5.91 Å². The highest BCUT2D eigenvalue weighted by Gasteiger charge is 2.20. The summed E-state index contributed by atoms with van der Waals surface area (Å²) in [5.41, 5.74) is 1.18. The van der Waals surface area contributed by atoms with E-state index in [1.54, 1.807) is 12.1 Å². The Morgan fingerprint density at radius 3 is 2.67 bits per heavy atom. The Balaban J connectivity index is 2.61. The number of hydrogen-bond donors (Lipinski definition) is 4. The molecule has 6 nitrogen and oxygen atoms in total. The van der Waals surface area contributed by atoms with Crippen LogP contribution >= 0.6 is 0 Å². The number of aliphatic carboxylic acids is 1. The number of aromatic hydroxyl groups is 1. The molecule has 1 aromatic rings. The minimum Gasteiger partial charge on any atom is -0.506 e. The SMILES string of the molecule is CCCCN[C@H](CC(=O)Nc1cc(C)ccc1O)C(=O)O. The molecule has 0 aliphatic carbocycles. The fraction of sp³-hybridized carbons (Fsp3) is 0.467. The Bertz CT molecular complexity index is 502. The number of amides is 1. The van der Waals surface area contributed by atoms with E-state index in [1.165, 1.54) is 6.07 Å². The van der Waals surface area contributed by atoms with E-state index >= 15 is 0 Å². The molecule has 0 fully saturated rings. The van der Waals surface area contributed by atoms with Crippen LogP contribution in [-0.4, -0.2) is 34.7 Å². The van der Waals surface area contributed by atoms with Crippen molar-refractivity contribution in [2.75, 3.05) is 11.9 Å². The highest BCUT2D eigenvalue weighted by atomic mass is 16.4. The second kappa shape index (κ2) is 8.26. The Labute approximate surface area is 124 Å². The summed E-state index contributed by atoms with van der Waals surface area (Å²) in [7, 11) is 0. The second-order valence-electron chi connectivity index (χ2n) is 4.97. The van der Waals surface area contributed by atoms with Gasteiger partial charge in [0, 0.05) is 0 Å². The van der Waals surface area contributed by atoms with Crippen LogP contribution in [-0.2, 0) is 9.59 Å². The van der Waals surface area contributed by atoms with E-state index in [2.05, 4.69) is 10.6 Å². The van der Waals surface area contributed by atoms with Crippen LogP contribution in [0.2, 0.25) is 0 Å². The van der Waals surface area contributed by atoms with Crippen LogP contribution in [0.3, 0.4) is 0 Å². The third-order valence-corrected chi connectivity index (χ3v) is 3.03. The van der Waals surface area contributed by atoms with Crippen molar-refractivity contribution in [3.8, 4) is 5.75 Å². The summed E-state index contributed by atoms with van der Waals surface area (Å²) in [6.45, 7) is 4.39. The fourth-order valence-corrected chi connectivity index (χ4v) is 1.84. The molecule has 0 spiro atoms. The number of carbonyl (C=O) groups excluding carboxylic acids is 1. The number of phenolic OH excluding ortho intramolecular Hbond substituents is 1. The van der Waals surface area contributed by atoms with Crippen molar-refractivity contribution in [3.05, 3.63) is 23.8 Å². The molecule has 0 heterocycles. The van der Waals surface area contributed by atoms with Crippen molar-refractivity contribution >= 4 is 17.6 Å². The predicted molar refractivity (Wildman–Crippen MR) is 80.4 cm³/mol. The molecule has 1 amide bonds. The molecular formula is C15H22N2O4. The third kappa shape index (κ3) is 5.83. The number of anilines is 1. The Morgan fingerprint density at radius 2 is 2.05 bits per heavy atom. The predicted octanol–water partition coefficient (Wildman–Crippen LogP) is 1.87. The van der Waals surface area contributed by atoms with Crippen molar-refractivity contribution < 1.29 is 19.8 Å². The quantitative estimate of drug-likeness (QED) is 0.433. The first-order chi connectivity index (χ1) is 9.93. The first kappa shape index (κ1) is 17.0. The van der Waals surface area contributed by atoms with E-state index in [9.17, 15) is 14.7 Å². The molecule has 1 rings (SSSR count). The number of carboxylic acids is 1. The lowest BCUT2D eigenvalue weighted by atomic mass is 10.1. The van der Waals surface area contributed by atoms with Gasteiger partial charge in [-0.25, -0.2) is 0 Å². The summed E-state index contributed by atoms with van der Waals surface area (Å²) >= 11 is 0. The van der Waals surface area contributed by atoms with E-state index in [4.69, 9.17) is 5.11 Å². The minimum atomic E-state index is -1.06. The topological polar surface area (TPSA) is 98.7 Å². The minimum absolute atomic E-state index is 0.0419. The lowest BCUT2D eigenvalue weighted by Crippen LogP contribution is -2.40. The Morgan fingerprint density at radius 1 is 1.33 bits per heavy atom. The van der Waals surface area contributed by atoms with Crippen LogP contribution in [0.5, 0.6) is 5.75 Å². The normalized spacial score (nSPS) is 11.9. The van der Waals surface area contributed by atoms with Crippen molar-refractivity contribution in [1.29, 1.82) is 0 Å². The fourth-order valence-electron chi connectivity index (χ4n) is 1.84. The number of rotatable bonds is 8. The molecule has 0 aliphatic rings. The van der Waals surface area contributed by atoms with E-state index in [1.807, 2.05) is 13.8 Å². The monoisotopic (exact) mass is 294 g/mol. The van der Waals surface area contributed by atoms with E-state index in [0.29, 0.717) is 6.54 Å². The van der Waals surface area contributed by atoms with Crippen molar-refractivity contribution in [2.45, 2.75) is 39.2 Å². The van der Waals surface area contributed by atoms with Crippen molar-refractivity contribution in [2.24, 2.45) is 0 Å². The van der Waals surface area contributed by atoms with Crippen LogP contribution < -0.4 is 10.6 Å². The summed E-state index contributed by atoms with van der Waals surface area (Å²) in [4.78, 5) is 23.0. The second-order valence-corrected chi connectivity index (χ2v) is 4.97. The molecule has 0 aliphatic heterocycles. The van der Waals surface area contributed by atoms with Gasteiger partial charge in [0.15, 0.2) is 0 Å². The van der Waals surface area contributed by atoms with Gasteiger partial charge in [-0.15, -0.1) is 0 Å². The number of carbonyl (C=O) groups is 2.